The summed E-state index contributed by atoms with van der Waals surface area (Å²) in [6, 6.07) is 9.45. The van der Waals surface area contributed by atoms with Crippen molar-refractivity contribution in [2.45, 2.75) is 51.6 Å². The number of ether oxygens (including phenoxy) is 1. The van der Waals surface area contributed by atoms with Crippen LogP contribution in [0.15, 0.2) is 39.9 Å². The highest BCUT2D eigenvalue weighted by Crippen LogP contribution is 2.32. The van der Waals surface area contributed by atoms with Gasteiger partial charge in [0.25, 0.3) is 11.1 Å². The minimum absolute atomic E-state index is 0.0161. The average molecular weight is 460 g/mol. The highest BCUT2D eigenvalue weighted by atomic mass is 16.5. The Morgan fingerprint density at radius 1 is 1.09 bits per heavy atom. The molecule has 2 aromatic carbocycles. The fourth-order valence-corrected chi connectivity index (χ4v) is 5.32. The number of likely N-dealkylation sites (tertiary alicyclic amines) is 1. The first kappa shape index (κ1) is 21.2. The molecule has 2 aromatic heterocycles. The number of nitrogens with one attached hydrogen (secondary N) is 2. The van der Waals surface area contributed by atoms with Crippen molar-refractivity contribution in [3.8, 4) is 17.0 Å². The van der Waals surface area contributed by atoms with Gasteiger partial charge in [-0.1, -0.05) is 18.2 Å². The molecule has 1 fully saturated rings. The van der Waals surface area contributed by atoms with Crippen LogP contribution in [0.2, 0.25) is 0 Å². The molecule has 1 atom stereocenters. The number of aromatic amines is 2. The van der Waals surface area contributed by atoms with Crippen molar-refractivity contribution in [2.75, 3.05) is 19.7 Å². The van der Waals surface area contributed by atoms with Crippen molar-refractivity contribution in [3.63, 3.8) is 0 Å². The molecule has 4 heterocycles. The Kier molecular flexibility index (Phi) is 5.25. The minimum atomic E-state index is -0.285. The summed E-state index contributed by atoms with van der Waals surface area (Å²) in [5.74, 6) is 0.755. The zero-order valence-electron chi connectivity index (χ0n) is 19.4. The van der Waals surface area contributed by atoms with Crippen LogP contribution in [0.25, 0.3) is 33.2 Å². The third-order valence-electron chi connectivity index (χ3n) is 7.20. The van der Waals surface area contributed by atoms with E-state index < -0.39 is 0 Å². The lowest BCUT2D eigenvalue weighted by molar-refractivity contribution is 0.284. The predicted octanol–water partition coefficient (Wildman–Crippen LogP) is 3.95. The van der Waals surface area contributed by atoms with E-state index >= 15 is 0 Å². The van der Waals surface area contributed by atoms with E-state index in [1.54, 1.807) is 10.7 Å². The molecule has 1 saturated heterocycles. The largest absolute Gasteiger partial charge is 0.491 e. The number of para-hydroxylation sites is 1. The minimum Gasteiger partial charge on any atom is -0.491 e. The van der Waals surface area contributed by atoms with E-state index in [1.165, 1.54) is 12.8 Å². The number of hydrogen-bond acceptors (Lipinski definition) is 5. The van der Waals surface area contributed by atoms with Crippen LogP contribution in [0.4, 0.5) is 0 Å². The molecular weight excluding hydrogens is 430 g/mol. The summed E-state index contributed by atoms with van der Waals surface area (Å²) in [4.78, 5) is 36.5. The molecule has 2 N–H and O–H groups in total. The van der Waals surface area contributed by atoms with E-state index in [9.17, 15) is 9.59 Å². The first-order valence-corrected chi connectivity index (χ1v) is 12.2. The number of rotatable bonds is 2. The van der Waals surface area contributed by atoms with E-state index in [2.05, 4.69) is 21.0 Å². The summed E-state index contributed by atoms with van der Waals surface area (Å²) in [6.07, 6.45) is 5.12. The highest BCUT2D eigenvalue weighted by molar-refractivity contribution is 5.94. The zero-order valence-corrected chi connectivity index (χ0v) is 19.4. The lowest BCUT2D eigenvalue weighted by Gasteiger charge is -2.19. The number of fused-ring (bicyclic) bond motifs is 3. The van der Waals surface area contributed by atoms with Crippen molar-refractivity contribution in [1.29, 1.82) is 0 Å². The van der Waals surface area contributed by atoms with Crippen molar-refractivity contribution in [2.24, 2.45) is 0 Å². The Labute approximate surface area is 196 Å². The summed E-state index contributed by atoms with van der Waals surface area (Å²) >= 11 is 0. The molecular formula is C26H29N5O3. The van der Waals surface area contributed by atoms with Gasteiger partial charge in [-0.3, -0.25) is 19.6 Å². The van der Waals surface area contributed by atoms with Crippen LogP contribution in [-0.2, 0) is 6.54 Å². The molecule has 176 valence electrons. The Hall–Kier alpha value is -3.39. The molecule has 0 aliphatic carbocycles. The zero-order chi connectivity index (χ0) is 23.2. The van der Waals surface area contributed by atoms with E-state index in [4.69, 9.17) is 9.72 Å². The fraction of sp³-hybridized carbons (Fsp3) is 0.423. The van der Waals surface area contributed by atoms with Crippen LogP contribution in [0.3, 0.4) is 0 Å². The van der Waals surface area contributed by atoms with Gasteiger partial charge in [-0.25, -0.2) is 9.67 Å². The molecule has 2 aliphatic rings. The molecule has 0 saturated carbocycles. The molecule has 4 bridgehead atoms. The smallest absolute Gasteiger partial charge is 0.275 e. The summed E-state index contributed by atoms with van der Waals surface area (Å²) in [6.45, 7) is 5.60. The highest BCUT2D eigenvalue weighted by Gasteiger charge is 2.21. The van der Waals surface area contributed by atoms with Gasteiger partial charge in [-0.15, -0.1) is 0 Å². The molecule has 0 amide bonds. The predicted molar refractivity (Wildman–Crippen MR) is 132 cm³/mol. The fourth-order valence-electron chi connectivity index (χ4n) is 5.32. The Morgan fingerprint density at radius 2 is 1.94 bits per heavy atom. The van der Waals surface area contributed by atoms with Crippen LogP contribution >= 0.6 is 0 Å². The second-order valence-corrected chi connectivity index (χ2v) is 9.56. The summed E-state index contributed by atoms with van der Waals surface area (Å²) in [7, 11) is 0. The van der Waals surface area contributed by atoms with Gasteiger partial charge in [0, 0.05) is 17.7 Å². The number of H-pyrrole nitrogens is 2. The molecule has 2 aliphatic heterocycles. The second kappa shape index (κ2) is 8.43. The summed E-state index contributed by atoms with van der Waals surface area (Å²) in [5, 5.41) is 3.85. The Bertz CT molecular complexity index is 1490. The van der Waals surface area contributed by atoms with E-state index in [0.717, 1.165) is 50.2 Å². The molecule has 34 heavy (non-hydrogen) atoms. The lowest BCUT2D eigenvalue weighted by Crippen LogP contribution is -2.21. The molecule has 8 heteroatoms. The first-order valence-electron chi connectivity index (χ1n) is 12.2. The number of benzene rings is 2. The molecule has 8 nitrogen and oxygen atoms in total. The van der Waals surface area contributed by atoms with Crippen molar-refractivity contribution >= 4 is 21.9 Å². The Morgan fingerprint density at radius 3 is 2.79 bits per heavy atom. The monoisotopic (exact) mass is 459 g/mol. The van der Waals surface area contributed by atoms with Crippen LogP contribution in [0.5, 0.6) is 5.75 Å². The van der Waals surface area contributed by atoms with Crippen LogP contribution in [0.1, 0.15) is 50.6 Å². The SMILES string of the molecule is CC1CCCCOc2c(CN3CCCC3)ccc3[nH]c(=O)c(nc23)-c2cccc3c(=O)n1[nH]c23. The van der Waals surface area contributed by atoms with E-state index in [-0.39, 0.29) is 17.2 Å². The van der Waals surface area contributed by atoms with Crippen LogP contribution in [-0.4, -0.2) is 44.3 Å². The number of aromatic nitrogens is 4. The lowest BCUT2D eigenvalue weighted by atomic mass is 10.1. The maximum atomic E-state index is 13.1. The maximum absolute atomic E-state index is 13.1. The van der Waals surface area contributed by atoms with Gasteiger partial charge in [0.2, 0.25) is 0 Å². The Balaban J connectivity index is 1.59. The standard InChI is InChI=1S/C26H29N5O3/c1-16-7-2-5-14-34-24-17(15-30-12-3-4-13-30)10-11-20-23(24)28-22(25(32)27-20)18-8-6-9-19-21(18)29-31(16)26(19)33/h6,8-11,16,29H,2-5,7,12-15H2,1H3,(H,27,32). The van der Waals surface area contributed by atoms with Crippen molar-refractivity contribution in [3.05, 3.63) is 56.6 Å². The maximum Gasteiger partial charge on any atom is 0.275 e. The van der Waals surface area contributed by atoms with Crippen LogP contribution < -0.4 is 15.9 Å². The van der Waals surface area contributed by atoms with Crippen LogP contribution in [0, 0.1) is 0 Å². The van der Waals surface area contributed by atoms with Gasteiger partial charge < -0.3 is 9.72 Å². The van der Waals surface area contributed by atoms with Gasteiger partial charge >= 0.3 is 0 Å². The molecule has 6 rings (SSSR count). The third-order valence-corrected chi connectivity index (χ3v) is 7.20. The van der Waals surface area contributed by atoms with Crippen molar-refractivity contribution < 1.29 is 4.74 Å². The van der Waals surface area contributed by atoms with Gasteiger partial charge in [0.05, 0.1) is 29.1 Å². The average Bonchev–Trinajstić information content (AvgIpc) is 3.47. The first-order chi connectivity index (χ1) is 16.6. The summed E-state index contributed by atoms with van der Waals surface area (Å²) in [5.41, 5.74) is 3.62. The van der Waals surface area contributed by atoms with Gasteiger partial charge in [0.15, 0.2) is 5.75 Å². The van der Waals surface area contributed by atoms with E-state index in [0.29, 0.717) is 39.8 Å². The number of nitrogens with zero attached hydrogens (tertiary/aromatic N) is 3. The van der Waals surface area contributed by atoms with Gasteiger partial charge in [-0.05, 0) is 64.3 Å². The quantitative estimate of drug-likeness (QED) is 0.473. The number of hydrogen-bond donors (Lipinski definition) is 2. The molecule has 0 spiro atoms. The van der Waals surface area contributed by atoms with Gasteiger partial charge in [0.1, 0.15) is 11.2 Å². The second-order valence-electron chi connectivity index (χ2n) is 9.56. The van der Waals surface area contributed by atoms with E-state index in [1.807, 2.05) is 25.1 Å². The normalized spacial score (nSPS) is 19.1. The topological polar surface area (TPSA) is 96.0 Å². The third kappa shape index (κ3) is 3.53. The summed E-state index contributed by atoms with van der Waals surface area (Å²) < 4.78 is 8.05. The van der Waals surface area contributed by atoms with Gasteiger partial charge in [-0.2, -0.15) is 0 Å². The van der Waals surface area contributed by atoms with Crippen molar-refractivity contribution in [1.82, 2.24) is 24.6 Å². The molecule has 0 radical (unpaired) electrons. The molecule has 1 unspecified atom stereocenters. The molecule has 4 aromatic rings.